The topological polar surface area (TPSA) is 29.1 Å². The van der Waals surface area contributed by atoms with Gasteiger partial charge in [-0.2, -0.15) is 0 Å². The van der Waals surface area contributed by atoms with Crippen LogP contribution in [0.5, 0.6) is 0 Å². The van der Waals surface area contributed by atoms with Crippen molar-refractivity contribution in [3.05, 3.63) is 13.2 Å². The van der Waals surface area contributed by atoms with Crippen molar-refractivity contribution in [1.82, 2.24) is 5.32 Å². The molecule has 286 valence electrons. The summed E-state index contributed by atoms with van der Waals surface area (Å²) in [5.74, 6) is 0.991. The van der Waals surface area contributed by atoms with E-state index >= 15 is 0 Å². The third kappa shape index (κ3) is 61.1. The van der Waals surface area contributed by atoms with Gasteiger partial charge in [-0.3, -0.25) is 0 Å². The fraction of sp³-hybridized carbons (Fsp3) is 0.933. The molecule has 1 N–H and O–H groups in total. The van der Waals surface area contributed by atoms with E-state index in [2.05, 4.69) is 53.1 Å². The molecule has 0 aromatic carbocycles. The molecule has 2 heteroatoms. The molecule has 0 atom stereocenters. The Kier molecular flexibility index (Phi) is 65.2. The number of hydrogen-bond donors (Lipinski definition) is 1. The highest BCUT2D eigenvalue weighted by molar-refractivity contribution is 5.11. The molecule has 0 aliphatic heterocycles. The molecule has 0 saturated heterocycles. The zero-order chi connectivity index (χ0) is 35.7. The summed E-state index contributed by atoms with van der Waals surface area (Å²) < 4.78 is 0. The highest BCUT2D eigenvalue weighted by atomic mass is 16.1. The molecule has 0 unspecified atom stereocenters. The number of hydrogen-bond acceptors (Lipinski definition) is 2. The van der Waals surface area contributed by atoms with E-state index in [0.29, 0.717) is 0 Å². The van der Waals surface area contributed by atoms with Crippen LogP contribution in [0.25, 0.3) is 0 Å². The molecule has 0 radical (unpaired) electrons. The maximum absolute atomic E-state index is 8.00. The van der Waals surface area contributed by atoms with E-state index in [1.807, 2.05) is 6.79 Å². The first-order valence-electron chi connectivity index (χ1n) is 21.7. The second-order valence-corrected chi connectivity index (χ2v) is 14.3. The fourth-order valence-corrected chi connectivity index (χ4v) is 6.29. The Morgan fingerprint density at radius 3 is 0.872 bits per heavy atom. The molecule has 0 aromatic heterocycles. The number of nitrogens with one attached hydrogen (secondary N) is 1. The molecule has 47 heavy (non-hydrogen) atoms. The third-order valence-electron chi connectivity index (χ3n) is 9.52. The lowest BCUT2D eigenvalue weighted by atomic mass is 9.96. The van der Waals surface area contributed by atoms with Crippen LogP contribution in [0.3, 0.4) is 0 Å². The Balaban J connectivity index is -0.000000312. The van der Waals surface area contributed by atoms with Crippen LogP contribution >= 0.6 is 0 Å². The molecule has 0 heterocycles. The standard InChI is InChI=1S/C20H43N.C16H32.C6H14.C2H4.CH2O/c1-3-5-7-9-11-12-13-14-16-18-20-21-19-17-15-10-8-6-4-2;1-16-14-12-10-8-6-4-2-3-5-7-9-11-13-15-16;1-3-5-6-4-2;2*1-2/h21H,3-20H2,1-2H3;16H,2-15H2,1H3;3-6H2,1-2H3;1-2H2;1H2. The van der Waals surface area contributed by atoms with Crippen molar-refractivity contribution in [2.75, 3.05) is 13.1 Å². The number of carbonyl (C=O) groups is 1. The van der Waals surface area contributed by atoms with Crippen molar-refractivity contribution in [3.8, 4) is 0 Å². The molecule has 1 saturated carbocycles. The molecule has 0 spiro atoms. The first-order chi connectivity index (χ1) is 23.2. The molecule has 0 amide bonds. The van der Waals surface area contributed by atoms with E-state index in [-0.39, 0.29) is 0 Å². The van der Waals surface area contributed by atoms with Gasteiger partial charge in [0.05, 0.1) is 0 Å². The zero-order valence-corrected chi connectivity index (χ0v) is 34.1. The van der Waals surface area contributed by atoms with Gasteiger partial charge in [0.15, 0.2) is 0 Å². The monoisotopic (exact) mass is 666 g/mol. The second kappa shape index (κ2) is 57.6. The number of rotatable bonds is 21. The van der Waals surface area contributed by atoms with Crippen molar-refractivity contribution in [2.45, 2.75) is 253 Å². The minimum atomic E-state index is 0.991. The molecule has 1 aliphatic carbocycles. The minimum absolute atomic E-state index is 0.991. The highest BCUT2D eigenvalue weighted by Crippen LogP contribution is 2.20. The van der Waals surface area contributed by atoms with E-state index in [0.717, 1.165) is 5.92 Å². The van der Waals surface area contributed by atoms with Crippen LogP contribution in [0.1, 0.15) is 253 Å². The number of carbonyl (C=O) groups excluding carboxylic acids is 1. The van der Waals surface area contributed by atoms with E-state index in [1.165, 1.54) is 231 Å². The Bertz CT molecular complexity index is 427. The molecule has 0 bridgehead atoms. The molecular formula is C45H95NO. The molecule has 1 fully saturated rings. The van der Waals surface area contributed by atoms with E-state index < -0.39 is 0 Å². The van der Waals surface area contributed by atoms with Crippen LogP contribution in [0.2, 0.25) is 0 Å². The lowest BCUT2D eigenvalue weighted by Gasteiger charge is -2.10. The Morgan fingerprint density at radius 2 is 0.596 bits per heavy atom. The van der Waals surface area contributed by atoms with Crippen molar-refractivity contribution in [2.24, 2.45) is 5.92 Å². The second-order valence-electron chi connectivity index (χ2n) is 14.3. The van der Waals surface area contributed by atoms with Gasteiger partial charge in [-0.1, -0.05) is 240 Å². The van der Waals surface area contributed by atoms with E-state index in [1.54, 1.807) is 0 Å². The summed E-state index contributed by atoms with van der Waals surface area (Å²) >= 11 is 0. The predicted octanol–water partition coefficient (Wildman–Crippen LogP) is 16.2. The van der Waals surface area contributed by atoms with Crippen molar-refractivity contribution >= 4 is 6.79 Å². The summed E-state index contributed by atoms with van der Waals surface area (Å²) in [6.45, 7) is 22.0. The minimum Gasteiger partial charge on any atom is -0.317 e. The Morgan fingerprint density at radius 1 is 0.383 bits per heavy atom. The molecule has 1 aliphatic rings. The third-order valence-corrected chi connectivity index (χ3v) is 9.52. The summed E-state index contributed by atoms with van der Waals surface area (Å²) in [5.41, 5.74) is 0. The van der Waals surface area contributed by atoms with Gasteiger partial charge >= 0.3 is 0 Å². The van der Waals surface area contributed by atoms with Gasteiger partial charge < -0.3 is 10.1 Å². The molecular weight excluding hydrogens is 571 g/mol. The Hall–Kier alpha value is -0.630. The van der Waals surface area contributed by atoms with Gasteiger partial charge in [-0.15, -0.1) is 13.2 Å². The van der Waals surface area contributed by atoms with Gasteiger partial charge in [0.2, 0.25) is 0 Å². The smallest absolute Gasteiger partial charge is 0.106 e. The first-order valence-corrected chi connectivity index (χ1v) is 21.7. The van der Waals surface area contributed by atoms with Crippen LogP contribution < -0.4 is 5.32 Å². The van der Waals surface area contributed by atoms with Crippen molar-refractivity contribution in [3.63, 3.8) is 0 Å². The predicted molar refractivity (Wildman–Crippen MR) is 220 cm³/mol. The van der Waals surface area contributed by atoms with Crippen LogP contribution in [0, 0.1) is 5.92 Å². The highest BCUT2D eigenvalue weighted by Gasteiger charge is 2.03. The summed E-state index contributed by atoms with van der Waals surface area (Å²) in [6, 6.07) is 0. The van der Waals surface area contributed by atoms with E-state index in [9.17, 15) is 0 Å². The quantitative estimate of drug-likeness (QED) is 0.0976. The van der Waals surface area contributed by atoms with Gasteiger partial charge in [0.1, 0.15) is 6.79 Å². The van der Waals surface area contributed by atoms with Crippen LogP contribution in [0.15, 0.2) is 13.2 Å². The fourth-order valence-electron chi connectivity index (χ4n) is 6.29. The van der Waals surface area contributed by atoms with E-state index in [4.69, 9.17) is 4.79 Å². The normalized spacial score (nSPS) is 14.7. The molecule has 1 rings (SSSR count). The van der Waals surface area contributed by atoms with Crippen LogP contribution in [-0.4, -0.2) is 19.9 Å². The summed E-state index contributed by atoms with van der Waals surface area (Å²) in [4.78, 5) is 8.00. The van der Waals surface area contributed by atoms with Crippen molar-refractivity contribution in [1.29, 1.82) is 0 Å². The number of unbranched alkanes of at least 4 members (excludes halogenated alkanes) is 17. The van der Waals surface area contributed by atoms with Crippen LogP contribution in [-0.2, 0) is 4.79 Å². The van der Waals surface area contributed by atoms with Gasteiger partial charge in [-0.25, -0.2) is 0 Å². The average Bonchev–Trinajstić information content (AvgIpc) is 3.12. The molecule has 0 aromatic rings. The SMILES string of the molecule is C=C.C=O.CC1CCCCCCCCCCCCCC1.CCCCCC.CCCCCCCCCCCCNCCCCCCCC. The maximum atomic E-state index is 8.00. The van der Waals surface area contributed by atoms with Crippen LogP contribution in [0.4, 0.5) is 0 Å². The van der Waals surface area contributed by atoms with Gasteiger partial charge in [0, 0.05) is 0 Å². The lowest BCUT2D eigenvalue weighted by molar-refractivity contribution is -0.0980. The summed E-state index contributed by atoms with van der Waals surface area (Å²) in [6.07, 6.45) is 49.3. The summed E-state index contributed by atoms with van der Waals surface area (Å²) in [5, 5.41) is 3.60. The first kappa shape index (κ1) is 53.2. The van der Waals surface area contributed by atoms with Gasteiger partial charge in [-0.05, 0) is 31.8 Å². The molecule has 2 nitrogen and oxygen atoms in total. The average molecular weight is 666 g/mol. The van der Waals surface area contributed by atoms with Gasteiger partial charge in [0.25, 0.3) is 0 Å². The van der Waals surface area contributed by atoms with Crippen molar-refractivity contribution < 1.29 is 4.79 Å². The summed E-state index contributed by atoms with van der Waals surface area (Å²) in [7, 11) is 0. The zero-order valence-electron chi connectivity index (χ0n) is 34.1. The lowest BCUT2D eigenvalue weighted by Crippen LogP contribution is -2.16. The largest absolute Gasteiger partial charge is 0.317 e. The maximum Gasteiger partial charge on any atom is 0.106 e. The Labute approximate surface area is 301 Å².